The van der Waals surface area contributed by atoms with Crippen LogP contribution in [-0.4, -0.2) is 15.6 Å². The number of hydrogen-bond acceptors (Lipinski definition) is 3. The van der Waals surface area contributed by atoms with Crippen molar-refractivity contribution < 1.29 is 4.79 Å². The Labute approximate surface area is 104 Å². The van der Waals surface area contributed by atoms with Gasteiger partial charge in [-0.1, -0.05) is 41.9 Å². The van der Waals surface area contributed by atoms with Crippen LogP contribution < -0.4 is 5.73 Å². The Kier molecular flexibility index (Phi) is 3.26. The van der Waals surface area contributed by atoms with Crippen LogP contribution in [0.3, 0.4) is 0 Å². The molecule has 0 saturated heterocycles. The first-order valence-electron chi connectivity index (χ1n) is 5.13. The number of hydrogen-bond donors (Lipinski definition) is 1. The zero-order valence-corrected chi connectivity index (χ0v) is 10.1. The summed E-state index contributed by atoms with van der Waals surface area (Å²) in [5.74, 6) is -0.235. The van der Waals surface area contributed by atoms with Gasteiger partial charge in [0, 0.05) is 7.05 Å². The number of carbonyl (C=O) groups excluding carboxylic acids is 1. The summed E-state index contributed by atoms with van der Waals surface area (Å²) in [6.45, 7) is 0. The van der Waals surface area contributed by atoms with Gasteiger partial charge in [0.2, 0.25) is 5.78 Å². The van der Waals surface area contributed by atoms with Crippen molar-refractivity contribution in [3.63, 3.8) is 0 Å². The number of nitrogens with zero attached hydrogens (tertiary/aromatic N) is 2. The molecule has 17 heavy (non-hydrogen) atoms. The summed E-state index contributed by atoms with van der Waals surface area (Å²) in [6.07, 6.45) is 1.44. The van der Waals surface area contributed by atoms with E-state index in [1.54, 1.807) is 7.05 Å². The van der Waals surface area contributed by atoms with E-state index in [9.17, 15) is 4.79 Å². The topological polar surface area (TPSA) is 60.9 Å². The van der Waals surface area contributed by atoms with E-state index < -0.39 is 6.04 Å². The largest absolute Gasteiger partial charge is 0.317 e. The second kappa shape index (κ2) is 4.69. The zero-order valence-electron chi connectivity index (χ0n) is 9.30. The lowest BCUT2D eigenvalue weighted by molar-refractivity contribution is 0.0952. The number of aryl methyl sites for hydroxylation is 1. The molecule has 2 aromatic rings. The van der Waals surface area contributed by atoms with Crippen LogP contribution in [-0.2, 0) is 7.05 Å². The number of ketones is 1. The highest BCUT2D eigenvalue weighted by atomic mass is 35.5. The van der Waals surface area contributed by atoms with Crippen LogP contribution in [0.15, 0.2) is 36.5 Å². The van der Waals surface area contributed by atoms with Crippen LogP contribution >= 0.6 is 11.6 Å². The summed E-state index contributed by atoms with van der Waals surface area (Å²) in [7, 11) is 1.66. The third-order valence-corrected chi connectivity index (χ3v) is 2.85. The monoisotopic (exact) mass is 249 g/mol. The van der Waals surface area contributed by atoms with Crippen molar-refractivity contribution in [2.75, 3.05) is 0 Å². The molecule has 88 valence electrons. The highest BCUT2D eigenvalue weighted by Gasteiger charge is 2.23. The van der Waals surface area contributed by atoms with E-state index in [4.69, 9.17) is 17.3 Å². The lowest BCUT2D eigenvalue weighted by atomic mass is 10.0. The third-order valence-electron chi connectivity index (χ3n) is 2.57. The Morgan fingerprint density at radius 1 is 1.41 bits per heavy atom. The van der Waals surface area contributed by atoms with Gasteiger partial charge in [-0.3, -0.25) is 9.48 Å². The molecule has 0 unspecified atom stereocenters. The predicted octanol–water partition coefficient (Wildman–Crippen LogP) is 1.96. The van der Waals surface area contributed by atoms with E-state index >= 15 is 0 Å². The molecule has 5 heteroatoms. The molecule has 1 heterocycles. The number of halogens is 1. The predicted molar refractivity (Wildman–Crippen MR) is 65.9 cm³/mol. The molecule has 0 spiro atoms. The van der Waals surface area contributed by atoms with E-state index in [-0.39, 0.29) is 5.78 Å². The summed E-state index contributed by atoms with van der Waals surface area (Å²) >= 11 is 5.91. The quantitative estimate of drug-likeness (QED) is 0.846. The van der Waals surface area contributed by atoms with Gasteiger partial charge in [-0.25, -0.2) is 0 Å². The lowest BCUT2D eigenvalue weighted by Crippen LogP contribution is -2.23. The van der Waals surface area contributed by atoms with E-state index in [0.717, 1.165) is 5.56 Å². The molecule has 2 rings (SSSR count). The Balaban J connectivity index is 2.33. The number of rotatable bonds is 3. The number of nitrogens with two attached hydrogens (primary N) is 1. The second-order valence-electron chi connectivity index (χ2n) is 3.72. The van der Waals surface area contributed by atoms with Crippen LogP contribution in [0.25, 0.3) is 0 Å². The van der Waals surface area contributed by atoms with Gasteiger partial charge < -0.3 is 5.73 Å². The normalized spacial score (nSPS) is 12.4. The van der Waals surface area contributed by atoms with Crippen molar-refractivity contribution in [1.82, 2.24) is 9.78 Å². The molecule has 1 aromatic carbocycles. The first kappa shape index (κ1) is 11.8. The van der Waals surface area contributed by atoms with Crippen molar-refractivity contribution in [3.8, 4) is 0 Å². The highest BCUT2D eigenvalue weighted by Crippen LogP contribution is 2.21. The average Bonchev–Trinajstić information content (AvgIpc) is 2.68. The Bertz CT molecular complexity index is 516. The van der Waals surface area contributed by atoms with Crippen LogP contribution in [0.4, 0.5) is 0 Å². The highest BCUT2D eigenvalue weighted by molar-refractivity contribution is 6.33. The fraction of sp³-hybridized carbons (Fsp3) is 0.167. The minimum absolute atomic E-state index is 0.235. The van der Waals surface area contributed by atoms with Gasteiger partial charge in [-0.2, -0.15) is 5.10 Å². The van der Waals surface area contributed by atoms with Gasteiger partial charge in [0.1, 0.15) is 5.69 Å². The summed E-state index contributed by atoms with van der Waals surface area (Å²) in [5.41, 5.74) is 7.01. The van der Waals surface area contributed by atoms with E-state index in [2.05, 4.69) is 5.10 Å². The number of benzene rings is 1. The van der Waals surface area contributed by atoms with Gasteiger partial charge in [-0.15, -0.1) is 0 Å². The molecule has 0 aliphatic heterocycles. The molecule has 0 aliphatic carbocycles. The number of Topliss-reactive ketones (excluding diaryl/α,β-unsaturated/α-hetero) is 1. The molecule has 0 bridgehead atoms. The van der Waals surface area contributed by atoms with Gasteiger partial charge >= 0.3 is 0 Å². The van der Waals surface area contributed by atoms with E-state index in [1.807, 2.05) is 30.3 Å². The van der Waals surface area contributed by atoms with Crippen LogP contribution in [0.1, 0.15) is 22.1 Å². The minimum Gasteiger partial charge on any atom is -0.317 e. The molecule has 0 saturated carbocycles. The maximum absolute atomic E-state index is 12.2. The molecule has 4 nitrogen and oxygen atoms in total. The zero-order chi connectivity index (χ0) is 12.4. The molecule has 0 fully saturated rings. The van der Waals surface area contributed by atoms with E-state index in [0.29, 0.717) is 10.7 Å². The van der Waals surface area contributed by atoms with Crippen molar-refractivity contribution in [3.05, 3.63) is 52.8 Å². The molecule has 1 atom stereocenters. The maximum atomic E-state index is 12.2. The van der Waals surface area contributed by atoms with Crippen molar-refractivity contribution in [1.29, 1.82) is 0 Å². The summed E-state index contributed by atoms with van der Waals surface area (Å²) in [5, 5.41) is 4.24. The number of aromatic nitrogens is 2. The van der Waals surface area contributed by atoms with Crippen LogP contribution in [0, 0.1) is 0 Å². The Hall–Kier alpha value is -1.65. The van der Waals surface area contributed by atoms with Crippen LogP contribution in [0.5, 0.6) is 0 Å². The fourth-order valence-corrected chi connectivity index (χ4v) is 1.91. The maximum Gasteiger partial charge on any atom is 0.203 e. The molecule has 2 N–H and O–H groups in total. The average molecular weight is 250 g/mol. The van der Waals surface area contributed by atoms with Crippen LogP contribution in [0.2, 0.25) is 5.02 Å². The third kappa shape index (κ3) is 2.23. The molecule has 0 aliphatic rings. The molecular weight excluding hydrogens is 238 g/mol. The first-order chi connectivity index (χ1) is 8.11. The van der Waals surface area contributed by atoms with E-state index in [1.165, 1.54) is 10.9 Å². The van der Waals surface area contributed by atoms with Gasteiger partial charge in [0.05, 0.1) is 17.3 Å². The first-order valence-corrected chi connectivity index (χ1v) is 5.51. The molecular formula is C12H12ClN3O. The Morgan fingerprint density at radius 3 is 2.59 bits per heavy atom. The standard InChI is InChI=1S/C12H12ClN3O/c1-16-11(9(13)7-15-16)12(17)10(14)8-5-3-2-4-6-8/h2-7,10H,14H2,1H3/t10-/m1/s1. The summed E-state index contributed by atoms with van der Waals surface area (Å²) in [4.78, 5) is 12.2. The number of carbonyl (C=O) groups is 1. The molecule has 0 radical (unpaired) electrons. The van der Waals surface area contributed by atoms with Gasteiger partial charge in [0.25, 0.3) is 0 Å². The van der Waals surface area contributed by atoms with Gasteiger partial charge in [0.15, 0.2) is 0 Å². The lowest BCUT2D eigenvalue weighted by Gasteiger charge is -2.11. The van der Waals surface area contributed by atoms with Crippen molar-refractivity contribution in [2.24, 2.45) is 12.8 Å². The second-order valence-corrected chi connectivity index (χ2v) is 4.12. The summed E-state index contributed by atoms with van der Waals surface area (Å²) < 4.78 is 1.44. The molecule has 1 aromatic heterocycles. The Morgan fingerprint density at radius 2 is 2.06 bits per heavy atom. The fourth-order valence-electron chi connectivity index (χ4n) is 1.65. The van der Waals surface area contributed by atoms with Gasteiger partial charge in [-0.05, 0) is 5.56 Å². The van der Waals surface area contributed by atoms with Crippen molar-refractivity contribution >= 4 is 17.4 Å². The minimum atomic E-state index is -0.718. The smallest absolute Gasteiger partial charge is 0.203 e. The molecule has 0 amide bonds. The van der Waals surface area contributed by atoms with Crippen molar-refractivity contribution in [2.45, 2.75) is 6.04 Å². The SMILES string of the molecule is Cn1ncc(Cl)c1C(=O)[C@H](N)c1ccccc1. The summed E-state index contributed by atoms with van der Waals surface area (Å²) in [6, 6.07) is 8.46.